The molecule has 0 amide bonds. The summed E-state index contributed by atoms with van der Waals surface area (Å²) in [6.45, 7) is 29.0. The van der Waals surface area contributed by atoms with Crippen LogP contribution in [-0.2, 0) is 19.1 Å². The minimum Gasteiger partial charge on any atom is -0.461 e. The maximum Gasteiger partial charge on any atom is 0.323 e. The van der Waals surface area contributed by atoms with E-state index in [0.29, 0.717) is 12.8 Å². The molecule has 0 atom stereocenters. The summed E-state index contributed by atoms with van der Waals surface area (Å²) in [6.07, 6.45) is 30.2. The predicted molar refractivity (Wildman–Crippen MR) is 235 cm³/mol. The van der Waals surface area contributed by atoms with Gasteiger partial charge in [0.25, 0.3) is 0 Å². The van der Waals surface area contributed by atoms with Crippen LogP contribution >= 0.6 is 0 Å². The van der Waals surface area contributed by atoms with Crippen molar-refractivity contribution in [3.05, 3.63) is 0 Å². The Labute approximate surface area is 342 Å². The van der Waals surface area contributed by atoms with Crippen LogP contribution in [0.4, 0.5) is 0 Å². The fourth-order valence-corrected chi connectivity index (χ4v) is 10.8. The Balaban J connectivity index is 1.92. The number of esters is 2. The molecule has 2 aliphatic heterocycles. The van der Waals surface area contributed by atoms with E-state index in [1.807, 2.05) is 13.8 Å². The Bertz CT molecular complexity index is 961. The third-order valence-electron chi connectivity index (χ3n) is 13.8. The van der Waals surface area contributed by atoms with Crippen LogP contribution in [0, 0.1) is 5.41 Å². The highest BCUT2D eigenvalue weighted by atomic mass is 16.6. The zero-order chi connectivity index (χ0) is 41.2. The van der Waals surface area contributed by atoms with Crippen molar-refractivity contribution in [3.8, 4) is 0 Å². The van der Waals surface area contributed by atoms with Gasteiger partial charge in [-0.15, -0.1) is 0 Å². The van der Waals surface area contributed by atoms with Crippen molar-refractivity contribution in [2.45, 2.75) is 284 Å². The van der Waals surface area contributed by atoms with Crippen molar-refractivity contribution < 1.29 is 19.1 Å². The van der Waals surface area contributed by atoms with E-state index in [1.54, 1.807) is 0 Å². The largest absolute Gasteiger partial charge is 0.461 e. The van der Waals surface area contributed by atoms with Gasteiger partial charge in [-0.3, -0.25) is 19.4 Å². The van der Waals surface area contributed by atoms with Gasteiger partial charge in [0.1, 0.15) is 12.2 Å². The van der Waals surface area contributed by atoms with Gasteiger partial charge in [-0.05, 0) is 94.2 Å². The SMILES string of the molecule is CCCCCCCCCCCCN1C(C)(C)CC(OC(=O)C(CC)(CC)C(=O)OC2CC(C)(C)N(CCCCCCCCCCCC)C(C)(C)C2)CC1(C)C. The Morgan fingerprint density at radius 2 is 0.673 bits per heavy atom. The molecular weight excluding hydrogens is 681 g/mol. The summed E-state index contributed by atoms with van der Waals surface area (Å²) in [5, 5.41) is 0. The Hall–Kier alpha value is -1.14. The van der Waals surface area contributed by atoms with Gasteiger partial charge in [0.2, 0.25) is 0 Å². The summed E-state index contributed by atoms with van der Waals surface area (Å²) < 4.78 is 12.8. The molecule has 0 bridgehead atoms. The van der Waals surface area contributed by atoms with Gasteiger partial charge in [-0.25, -0.2) is 0 Å². The summed E-state index contributed by atoms with van der Waals surface area (Å²) in [4.78, 5) is 33.7. The summed E-state index contributed by atoms with van der Waals surface area (Å²) in [7, 11) is 0. The van der Waals surface area contributed by atoms with E-state index in [0.717, 1.165) is 38.8 Å². The molecule has 2 rings (SSSR count). The molecule has 2 aliphatic rings. The van der Waals surface area contributed by atoms with E-state index in [9.17, 15) is 9.59 Å². The minimum absolute atomic E-state index is 0.105. The molecule has 0 aromatic rings. The summed E-state index contributed by atoms with van der Waals surface area (Å²) in [6, 6.07) is 0. The van der Waals surface area contributed by atoms with Crippen LogP contribution in [0.15, 0.2) is 0 Å². The zero-order valence-corrected chi connectivity index (χ0v) is 39.0. The number of carbonyl (C=O) groups is 2. The first-order valence-electron chi connectivity index (χ1n) is 23.9. The van der Waals surface area contributed by atoms with E-state index in [2.05, 4.69) is 79.0 Å². The maximum absolute atomic E-state index is 14.2. The molecule has 0 aliphatic carbocycles. The van der Waals surface area contributed by atoms with E-state index < -0.39 is 5.41 Å². The number of rotatable bonds is 28. The van der Waals surface area contributed by atoms with Crippen molar-refractivity contribution in [3.63, 3.8) is 0 Å². The molecule has 6 heteroatoms. The van der Waals surface area contributed by atoms with E-state index >= 15 is 0 Å². The third-order valence-corrected chi connectivity index (χ3v) is 13.8. The van der Waals surface area contributed by atoms with Crippen molar-refractivity contribution in [1.29, 1.82) is 0 Å². The fourth-order valence-electron chi connectivity index (χ4n) is 10.8. The van der Waals surface area contributed by atoms with Gasteiger partial charge in [0, 0.05) is 47.8 Å². The van der Waals surface area contributed by atoms with E-state index in [1.165, 1.54) is 128 Å². The van der Waals surface area contributed by atoms with E-state index in [4.69, 9.17) is 9.47 Å². The highest BCUT2D eigenvalue weighted by molar-refractivity contribution is 6.00. The summed E-state index contributed by atoms with van der Waals surface area (Å²) >= 11 is 0. The molecule has 2 saturated heterocycles. The fraction of sp³-hybridized carbons (Fsp3) is 0.959. The van der Waals surface area contributed by atoms with Crippen LogP contribution in [0.1, 0.15) is 250 Å². The number of unbranched alkanes of at least 4 members (excludes halogenated alkanes) is 18. The molecule has 6 nitrogen and oxygen atoms in total. The number of hydrogen-bond acceptors (Lipinski definition) is 6. The Morgan fingerprint density at radius 1 is 0.436 bits per heavy atom. The molecule has 0 aromatic heterocycles. The third kappa shape index (κ3) is 15.9. The summed E-state index contributed by atoms with van der Waals surface area (Å²) in [5.74, 6) is -0.779. The second-order valence-electron chi connectivity index (χ2n) is 20.6. The van der Waals surface area contributed by atoms with Crippen molar-refractivity contribution in [2.24, 2.45) is 5.41 Å². The lowest BCUT2D eigenvalue weighted by molar-refractivity contribution is -0.189. The van der Waals surface area contributed by atoms with Gasteiger partial charge in [0.05, 0.1) is 0 Å². The molecule has 324 valence electrons. The van der Waals surface area contributed by atoms with Crippen LogP contribution in [-0.4, -0.2) is 69.2 Å². The standard InChI is InChI=1S/C49H94N2O4/c1-13-17-19-21-23-25-27-29-31-33-35-50-45(5,6)37-41(38-46(50,7)8)54-43(52)49(15-3,16-4)44(53)55-42-39-47(9,10)51(48(11,12)40-42)36-34-32-30-28-26-24-22-20-18-14-2/h41-42H,13-40H2,1-12H3. The number of likely N-dealkylation sites (tertiary alicyclic amines) is 2. The first-order chi connectivity index (χ1) is 25.9. The first kappa shape index (κ1) is 50.0. The van der Waals surface area contributed by atoms with Crippen molar-refractivity contribution in [2.75, 3.05) is 13.1 Å². The van der Waals surface area contributed by atoms with Gasteiger partial charge in [0.15, 0.2) is 5.41 Å². The van der Waals surface area contributed by atoms with Crippen LogP contribution in [0.3, 0.4) is 0 Å². The Morgan fingerprint density at radius 3 is 0.909 bits per heavy atom. The minimum atomic E-state index is -1.27. The predicted octanol–water partition coefficient (Wildman–Crippen LogP) is 13.8. The van der Waals surface area contributed by atoms with Crippen molar-refractivity contribution in [1.82, 2.24) is 9.80 Å². The smallest absolute Gasteiger partial charge is 0.323 e. The van der Waals surface area contributed by atoms with E-state index in [-0.39, 0.29) is 46.3 Å². The van der Waals surface area contributed by atoms with Gasteiger partial charge >= 0.3 is 11.9 Å². The van der Waals surface area contributed by atoms with Crippen LogP contribution in [0.25, 0.3) is 0 Å². The Kier molecular flexibility index (Phi) is 21.9. The molecule has 2 fully saturated rings. The number of hydrogen-bond donors (Lipinski definition) is 0. The number of piperidine rings is 2. The van der Waals surface area contributed by atoms with Crippen LogP contribution in [0.2, 0.25) is 0 Å². The number of nitrogens with zero attached hydrogens (tertiary/aromatic N) is 2. The lowest BCUT2D eigenvalue weighted by atomic mass is 9.77. The molecule has 0 radical (unpaired) electrons. The highest BCUT2D eigenvalue weighted by Gasteiger charge is 2.52. The topological polar surface area (TPSA) is 59.1 Å². The number of carbonyl (C=O) groups excluding carboxylic acids is 2. The molecule has 0 spiro atoms. The molecule has 55 heavy (non-hydrogen) atoms. The average molecular weight is 775 g/mol. The highest BCUT2D eigenvalue weighted by Crippen LogP contribution is 2.43. The second-order valence-corrected chi connectivity index (χ2v) is 20.6. The normalized spacial score (nSPS) is 20.4. The lowest BCUT2D eigenvalue weighted by Crippen LogP contribution is -2.63. The first-order valence-corrected chi connectivity index (χ1v) is 23.9. The summed E-state index contributed by atoms with van der Waals surface area (Å²) in [5.41, 5.74) is -1.69. The number of ether oxygens (including phenoxy) is 2. The maximum atomic E-state index is 14.2. The van der Waals surface area contributed by atoms with Crippen LogP contribution < -0.4 is 0 Å². The zero-order valence-electron chi connectivity index (χ0n) is 39.0. The molecular formula is C49H94N2O4. The monoisotopic (exact) mass is 775 g/mol. The molecule has 0 aromatic carbocycles. The van der Waals surface area contributed by atoms with Gasteiger partial charge in [-0.1, -0.05) is 143 Å². The second kappa shape index (κ2) is 24.1. The molecule has 0 unspecified atom stereocenters. The molecule has 2 heterocycles. The molecule has 0 saturated carbocycles. The van der Waals surface area contributed by atoms with Crippen molar-refractivity contribution >= 4 is 11.9 Å². The lowest BCUT2D eigenvalue weighted by Gasteiger charge is -2.55. The quantitative estimate of drug-likeness (QED) is 0.0448. The average Bonchev–Trinajstić information content (AvgIpc) is 3.08. The van der Waals surface area contributed by atoms with Gasteiger partial charge in [-0.2, -0.15) is 0 Å². The molecule has 0 N–H and O–H groups in total. The van der Waals surface area contributed by atoms with Crippen LogP contribution in [0.5, 0.6) is 0 Å². The van der Waals surface area contributed by atoms with Gasteiger partial charge < -0.3 is 9.47 Å².